The maximum atomic E-state index is 12.6. The molecule has 7 heteroatoms. The van der Waals surface area contributed by atoms with Crippen molar-refractivity contribution >= 4 is 23.5 Å². The van der Waals surface area contributed by atoms with Crippen LogP contribution in [-0.4, -0.2) is 47.5 Å². The van der Waals surface area contributed by atoms with Crippen LogP contribution in [0.15, 0.2) is 48.7 Å². The van der Waals surface area contributed by atoms with Crippen LogP contribution in [0, 0.1) is 0 Å². The van der Waals surface area contributed by atoms with Crippen LogP contribution in [0.4, 0.5) is 4.79 Å². The van der Waals surface area contributed by atoms with E-state index in [1.165, 1.54) is 11.8 Å². The predicted molar refractivity (Wildman–Crippen MR) is 107 cm³/mol. The molecule has 1 heterocycles. The Balaban J connectivity index is 2.12. The summed E-state index contributed by atoms with van der Waals surface area (Å²) in [4.78, 5) is 38.4. The van der Waals surface area contributed by atoms with Crippen LogP contribution in [-0.2, 0) is 14.3 Å². The number of rotatable bonds is 4. The summed E-state index contributed by atoms with van der Waals surface area (Å²) in [6, 6.07) is 7.85. The van der Waals surface area contributed by atoms with E-state index in [1.54, 1.807) is 40.1 Å². The van der Waals surface area contributed by atoms with Gasteiger partial charge < -0.3 is 20.3 Å². The van der Waals surface area contributed by atoms with Gasteiger partial charge in [-0.3, -0.25) is 9.59 Å². The molecule has 0 spiro atoms. The normalized spacial score (nSPS) is 18.0. The Kier molecular flexibility index (Phi) is 6.62. The van der Waals surface area contributed by atoms with E-state index in [-0.39, 0.29) is 5.91 Å². The van der Waals surface area contributed by atoms with Crippen molar-refractivity contribution in [3.63, 3.8) is 0 Å². The van der Waals surface area contributed by atoms with Crippen LogP contribution in [0.25, 0.3) is 5.57 Å². The van der Waals surface area contributed by atoms with Gasteiger partial charge in [0.1, 0.15) is 17.7 Å². The number of carbonyl (C=O) groups excluding carboxylic acids is 3. The summed E-state index contributed by atoms with van der Waals surface area (Å²) in [6.45, 7) is 6.74. The number of hydrogen-bond donors (Lipinski definition) is 2. The largest absolute Gasteiger partial charge is 0.444 e. The molecule has 0 aromatic heterocycles. The van der Waals surface area contributed by atoms with Gasteiger partial charge >= 0.3 is 6.09 Å². The summed E-state index contributed by atoms with van der Waals surface area (Å²) in [5.74, 6) is -0.761. The summed E-state index contributed by atoms with van der Waals surface area (Å²) >= 11 is 0. The molecule has 1 aromatic carbocycles. The van der Waals surface area contributed by atoms with Crippen LogP contribution in [0.3, 0.4) is 0 Å². The minimum Gasteiger partial charge on any atom is -0.444 e. The number of alkyl carbamates (subject to hydrolysis) is 1. The second-order valence-electron chi connectivity index (χ2n) is 7.61. The molecule has 1 aromatic rings. The highest BCUT2D eigenvalue weighted by Crippen LogP contribution is 2.19. The molecule has 7 nitrogen and oxygen atoms in total. The van der Waals surface area contributed by atoms with Crippen LogP contribution in [0.2, 0.25) is 0 Å². The first-order valence-corrected chi connectivity index (χ1v) is 9.09. The Bertz CT molecular complexity index is 794. The molecule has 1 unspecified atom stereocenters. The van der Waals surface area contributed by atoms with Gasteiger partial charge in [0.15, 0.2) is 0 Å². The zero-order valence-electron chi connectivity index (χ0n) is 16.9. The van der Waals surface area contributed by atoms with Crippen molar-refractivity contribution in [1.29, 1.82) is 0 Å². The smallest absolute Gasteiger partial charge is 0.408 e. The van der Waals surface area contributed by atoms with Crippen LogP contribution < -0.4 is 10.6 Å². The zero-order valence-corrected chi connectivity index (χ0v) is 16.9. The summed E-state index contributed by atoms with van der Waals surface area (Å²) < 4.78 is 5.15. The zero-order chi connectivity index (χ0) is 20.9. The van der Waals surface area contributed by atoms with Crippen LogP contribution in [0.5, 0.6) is 0 Å². The van der Waals surface area contributed by atoms with E-state index >= 15 is 0 Å². The Morgan fingerprint density at radius 1 is 1.18 bits per heavy atom. The number of carbonyl (C=O) groups is 3. The van der Waals surface area contributed by atoms with Crippen LogP contribution >= 0.6 is 0 Å². The maximum absolute atomic E-state index is 12.6. The topological polar surface area (TPSA) is 87.7 Å². The molecule has 0 saturated heterocycles. The number of benzene rings is 1. The SMILES string of the molecule is C[C@H](NC(=O)OC(C)(C)C)C(=O)NC1C=C(c2ccccc2)C=CN(C)C1=O. The third-order valence-electron chi connectivity index (χ3n) is 3.97. The van der Waals surface area contributed by atoms with Gasteiger partial charge in [-0.2, -0.15) is 0 Å². The molecular weight excluding hydrogens is 358 g/mol. The van der Waals surface area contributed by atoms with Crippen molar-refractivity contribution < 1.29 is 19.1 Å². The lowest BCUT2D eigenvalue weighted by Crippen LogP contribution is -2.52. The lowest BCUT2D eigenvalue weighted by atomic mass is 10.0. The molecule has 0 aliphatic carbocycles. The Morgan fingerprint density at radius 2 is 1.82 bits per heavy atom. The molecule has 0 saturated carbocycles. The average molecular weight is 385 g/mol. The summed E-state index contributed by atoms with van der Waals surface area (Å²) in [5.41, 5.74) is 1.08. The molecule has 3 amide bonds. The van der Waals surface area contributed by atoms with E-state index in [2.05, 4.69) is 10.6 Å². The highest BCUT2D eigenvalue weighted by atomic mass is 16.6. The molecule has 0 fully saturated rings. The Morgan fingerprint density at radius 3 is 2.43 bits per heavy atom. The molecule has 1 aliphatic heterocycles. The van der Waals surface area contributed by atoms with Gasteiger partial charge in [-0.15, -0.1) is 0 Å². The van der Waals surface area contributed by atoms with E-state index in [4.69, 9.17) is 4.74 Å². The van der Waals surface area contributed by atoms with Gasteiger partial charge in [-0.05, 0) is 51.0 Å². The summed E-state index contributed by atoms with van der Waals surface area (Å²) in [7, 11) is 1.63. The Labute approximate surface area is 165 Å². The third-order valence-corrected chi connectivity index (χ3v) is 3.97. The molecule has 2 N–H and O–H groups in total. The van der Waals surface area contributed by atoms with Crippen molar-refractivity contribution in [3.05, 3.63) is 54.2 Å². The highest BCUT2D eigenvalue weighted by molar-refractivity contribution is 5.95. The van der Waals surface area contributed by atoms with E-state index < -0.39 is 29.7 Å². The van der Waals surface area contributed by atoms with Gasteiger partial charge in [-0.25, -0.2) is 4.79 Å². The number of amides is 3. The molecule has 0 radical (unpaired) electrons. The fourth-order valence-corrected chi connectivity index (χ4v) is 2.55. The number of hydrogen-bond acceptors (Lipinski definition) is 4. The van der Waals surface area contributed by atoms with Crippen molar-refractivity contribution in [2.45, 2.75) is 45.4 Å². The van der Waals surface area contributed by atoms with Crippen molar-refractivity contribution in [1.82, 2.24) is 15.5 Å². The summed E-state index contributed by atoms with van der Waals surface area (Å²) in [5, 5.41) is 5.17. The summed E-state index contributed by atoms with van der Waals surface area (Å²) in [6.07, 6.45) is 4.49. The number of ether oxygens (including phenoxy) is 1. The van der Waals surface area contributed by atoms with E-state index in [9.17, 15) is 14.4 Å². The van der Waals surface area contributed by atoms with Crippen LogP contribution in [0.1, 0.15) is 33.3 Å². The van der Waals surface area contributed by atoms with Gasteiger partial charge in [0, 0.05) is 13.2 Å². The van der Waals surface area contributed by atoms with Gasteiger partial charge in [0.05, 0.1) is 0 Å². The minimum absolute atomic E-state index is 0.278. The maximum Gasteiger partial charge on any atom is 0.408 e. The molecule has 150 valence electrons. The second-order valence-corrected chi connectivity index (χ2v) is 7.61. The fraction of sp³-hybridized carbons (Fsp3) is 0.381. The molecular formula is C21H27N3O4. The fourth-order valence-electron chi connectivity index (χ4n) is 2.55. The number of nitrogens with zero attached hydrogens (tertiary/aromatic N) is 1. The quantitative estimate of drug-likeness (QED) is 0.833. The molecule has 2 rings (SSSR count). The molecule has 2 atom stereocenters. The second kappa shape index (κ2) is 8.73. The van der Waals surface area contributed by atoms with E-state index in [0.717, 1.165) is 11.1 Å². The molecule has 1 aliphatic rings. The molecule has 28 heavy (non-hydrogen) atoms. The van der Waals surface area contributed by atoms with Crippen molar-refractivity contribution in [3.8, 4) is 0 Å². The van der Waals surface area contributed by atoms with Crippen molar-refractivity contribution in [2.75, 3.05) is 7.05 Å². The number of allylic oxidation sites excluding steroid dienone is 2. The first kappa shape index (κ1) is 21.2. The lowest BCUT2D eigenvalue weighted by molar-refractivity contribution is -0.132. The highest BCUT2D eigenvalue weighted by Gasteiger charge is 2.27. The predicted octanol–water partition coefficient (Wildman–Crippen LogP) is 2.45. The lowest BCUT2D eigenvalue weighted by Gasteiger charge is -2.23. The third kappa shape index (κ3) is 5.97. The Hall–Kier alpha value is -3.09. The number of likely N-dealkylation sites (N-methyl/N-ethyl adjacent to an activating group) is 1. The molecule has 0 bridgehead atoms. The van der Waals surface area contributed by atoms with E-state index in [1.807, 2.05) is 36.4 Å². The number of nitrogens with one attached hydrogen (secondary N) is 2. The van der Waals surface area contributed by atoms with Gasteiger partial charge in [-0.1, -0.05) is 30.3 Å². The first-order valence-electron chi connectivity index (χ1n) is 9.09. The standard InChI is InChI=1S/C21H27N3O4/c1-14(22-20(27)28-21(2,3)4)18(25)23-17-13-16(11-12-24(5)19(17)26)15-9-7-6-8-10-15/h6-14,17H,1-5H3,(H,22,27)(H,23,25)/t14-,17?/m0/s1. The monoisotopic (exact) mass is 385 g/mol. The minimum atomic E-state index is -0.863. The van der Waals surface area contributed by atoms with Gasteiger partial charge in [0.2, 0.25) is 5.91 Å². The van der Waals surface area contributed by atoms with E-state index in [0.29, 0.717) is 0 Å². The van der Waals surface area contributed by atoms with Gasteiger partial charge in [0.25, 0.3) is 5.91 Å². The average Bonchev–Trinajstić information content (AvgIpc) is 2.74. The first-order chi connectivity index (χ1) is 13.1. The van der Waals surface area contributed by atoms with Crippen molar-refractivity contribution in [2.24, 2.45) is 0 Å².